The van der Waals surface area contributed by atoms with Gasteiger partial charge in [-0.15, -0.1) is 0 Å². The molecule has 0 unspecified atom stereocenters. The van der Waals surface area contributed by atoms with E-state index in [1.807, 2.05) is 6.07 Å². The highest BCUT2D eigenvalue weighted by Crippen LogP contribution is 2.69. The predicted octanol–water partition coefficient (Wildman–Crippen LogP) is 18.4. The van der Waals surface area contributed by atoms with Gasteiger partial charge in [-0.1, -0.05) is 261 Å². The number of hydrogen-bond donors (Lipinski definition) is 0. The summed E-state index contributed by atoms with van der Waals surface area (Å²) in [6.45, 7) is 0. The first-order valence-corrected chi connectivity index (χ1v) is 26.7. The largest absolute Gasteiger partial charge is 0.455 e. The molecular weight excluding hydrogens is 931 g/mol. The molecule has 2 heteroatoms. The first-order valence-electron chi connectivity index (χ1n) is 26.7. The summed E-state index contributed by atoms with van der Waals surface area (Å²) in [6.07, 6.45) is 5.11. The van der Waals surface area contributed by atoms with Gasteiger partial charge >= 0.3 is 0 Å². The molecule has 2 heterocycles. The lowest BCUT2D eigenvalue weighted by Crippen LogP contribution is -2.44. The molecule has 1 aliphatic heterocycles. The highest BCUT2D eigenvalue weighted by Gasteiger charge is 2.60. The fourth-order valence-corrected chi connectivity index (χ4v) is 13.9. The molecule has 16 rings (SSSR count). The molecule has 0 radical (unpaired) electrons. The van der Waals surface area contributed by atoms with E-state index in [2.05, 4.69) is 273 Å². The van der Waals surface area contributed by atoms with Crippen LogP contribution in [0, 0.1) is 0 Å². The van der Waals surface area contributed by atoms with Crippen molar-refractivity contribution in [2.45, 2.75) is 17.3 Å². The Morgan fingerprint density at radius 3 is 1.53 bits per heavy atom. The molecule has 2 spiro atoms. The lowest BCUT2D eigenvalue weighted by Gasteiger charge is -2.49. The van der Waals surface area contributed by atoms with Gasteiger partial charge in [0.1, 0.15) is 16.9 Å². The van der Waals surface area contributed by atoms with Crippen molar-refractivity contribution in [2.24, 2.45) is 4.99 Å². The summed E-state index contributed by atoms with van der Waals surface area (Å²) < 4.78 is 7.07. The third-order valence-electron chi connectivity index (χ3n) is 17.1. The Hall–Kier alpha value is -9.85. The zero-order valence-corrected chi connectivity index (χ0v) is 42.0. The number of para-hydroxylation sites is 1. The van der Waals surface area contributed by atoms with Crippen LogP contribution < -0.4 is 0 Å². The molecule has 2 nitrogen and oxygen atoms in total. The number of furan rings is 1. The highest BCUT2D eigenvalue weighted by atomic mass is 16.3. The van der Waals surface area contributed by atoms with Crippen molar-refractivity contribution in [3.63, 3.8) is 0 Å². The molecule has 1 aromatic heterocycles. The third kappa shape index (κ3) is 6.16. The molecule has 0 fully saturated rings. The molecule has 0 atom stereocenters. The van der Waals surface area contributed by atoms with Crippen molar-refractivity contribution in [3.8, 4) is 44.5 Å². The number of nitrogens with zero attached hydrogens (tertiary/aromatic N) is 1. The van der Waals surface area contributed by atoms with Crippen molar-refractivity contribution < 1.29 is 4.42 Å². The zero-order valence-electron chi connectivity index (χ0n) is 42.0. The van der Waals surface area contributed by atoms with E-state index in [9.17, 15) is 0 Å². The number of fused-ring (bicyclic) bond motifs is 20. The molecule has 0 saturated carbocycles. The Morgan fingerprint density at radius 2 is 0.857 bits per heavy atom. The molecule has 77 heavy (non-hydrogen) atoms. The SMILES string of the molecule is C1=CC/C(c2ccc(-c3cccc4c3C3(c5ccccc5C5(c6ccccc6-c6ccccc65)c5ccccc53)c3ccc5c(oc6ccccc65)c3-4)cc2)=C\C(c2ccc(-c3ccccc3)cc2)=NC=1c1ccccc1. The van der Waals surface area contributed by atoms with Crippen LogP contribution in [-0.4, -0.2) is 5.71 Å². The second-order valence-corrected chi connectivity index (χ2v) is 20.8. The number of rotatable bonds is 5. The number of hydrogen-bond acceptors (Lipinski definition) is 2. The summed E-state index contributed by atoms with van der Waals surface area (Å²) >= 11 is 0. The van der Waals surface area contributed by atoms with Crippen LogP contribution in [0.3, 0.4) is 0 Å². The summed E-state index contributed by atoms with van der Waals surface area (Å²) in [5.41, 5.74) is 30.4. The van der Waals surface area contributed by atoms with E-state index in [1.165, 1.54) is 83.5 Å². The molecule has 11 aromatic carbocycles. The standard InChI is InChI=1S/C75H47NO/c1-3-19-48(20-4-1)49-39-43-53(44-40-49)69-47-54(23-17-35-68(76-69)52-21-5-2-6-22-52)50-37-41-51(42-38-50)55-27-18-28-60-71-67(46-45-59-58-26-9-16-36-70(58)77-73(59)71)75(72(55)60)65-33-14-12-31-63(65)74(64-32-13-15-34-66(64)75)61-29-10-7-24-56(61)57-25-8-11-30-62(57)74/h1-22,24-34,36-47H,23H2/b54-47+,76-69?. The van der Waals surface area contributed by atoms with Crippen LogP contribution >= 0.6 is 0 Å². The van der Waals surface area contributed by atoms with Gasteiger partial charge in [0.15, 0.2) is 0 Å². The van der Waals surface area contributed by atoms with E-state index in [-0.39, 0.29) is 0 Å². The average Bonchev–Trinajstić information content (AvgIpc) is 3.16. The third-order valence-corrected chi connectivity index (χ3v) is 17.1. The van der Waals surface area contributed by atoms with Gasteiger partial charge in [-0.25, -0.2) is 4.99 Å². The van der Waals surface area contributed by atoms with Gasteiger partial charge < -0.3 is 4.42 Å². The molecule has 0 saturated heterocycles. The highest BCUT2D eigenvalue weighted by molar-refractivity contribution is 6.15. The number of benzene rings is 11. The first-order chi connectivity index (χ1) is 38.2. The van der Waals surface area contributed by atoms with Gasteiger partial charge in [0.25, 0.3) is 0 Å². The van der Waals surface area contributed by atoms with Crippen molar-refractivity contribution in [1.82, 2.24) is 0 Å². The van der Waals surface area contributed by atoms with E-state index >= 15 is 0 Å². The second kappa shape index (κ2) is 16.8. The van der Waals surface area contributed by atoms with Gasteiger partial charge in [0.05, 0.1) is 16.5 Å². The van der Waals surface area contributed by atoms with Gasteiger partial charge in [0.2, 0.25) is 0 Å². The summed E-state index contributed by atoms with van der Waals surface area (Å²) in [5, 5.41) is 2.26. The van der Waals surface area contributed by atoms with Crippen LogP contribution in [0.5, 0.6) is 0 Å². The second-order valence-electron chi connectivity index (χ2n) is 20.8. The van der Waals surface area contributed by atoms with Crippen LogP contribution in [0.2, 0.25) is 0 Å². The van der Waals surface area contributed by atoms with Gasteiger partial charge in [-0.2, -0.15) is 0 Å². The lowest BCUT2D eigenvalue weighted by atomic mass is 9.52. The van der Waals surface area contributed by atoms with Gasteiger partial charge in [0, 0.05) is 27.5 Å². The minimum Gasteiger partial charge on any atom is -0.455 e. The Morgan fingerprint density at radius 1 is 0.351 bits per heavy atom. The minimum absolute atomic E-state index is 0.544. The predicted molar refractivity (Wildman–Crippen MR) is 316 cm³/mol. The lowest BCUT2D eigenvalue weighted by molar-refractivity contribution is 0.632. The molecule has 12 aromatic rings. The fourth-order valence-electron chi connectivity index (χ4n) is 13.9. The summed E-state index contributed by atoms with van der Waals surface area (Å²) in [5.74, 6) is 0. The molecule has 0 bridgehead atoms. The van der Waals surface area contributed by atoms with Gasteiger partial charge in [-0.05, 0) is 119 Å². The van der Waals surface area contributed by atoms with Crippen molar-refractivity contribution in [1.29, 1.82) is 0 Å². The van der Waals surface area contributed by atoms with Crippen LogP contribution in [0.4, 0.5) is 0 Å². The normalized spacial score (nSPS) is 15.6. The van der Waals surface area contributed by atoms with Crippen molar-refractivity contribution in [3.05, 3.63) is 340 Å². The fraction of sp³-hybridized carbons (Fsp3) is 0.0400. The minimum atomic E-state index is -0.713. The van der Waals surface area contributed by atoms with E-state index in [4.69, 9.17) is 9.41 Å². The average molecular weight is 978 g/mol. The molecule has 0 N–H and O–H groups in total. The van der Waals surface area contributed by atoms with Crippen LogP contribution in [0.25, 0.3) is 77.7 Å². The zero-order chi connectivity index (χ0) is 50.7. The molecule has 0 amide bonds. The maximum Gasteiger partial charge on any atom is 0.143 e. The quantitative estimate of drug-likeness (QED) is 0.158. The van der Waals surface area contributed by atoms with Crippen LogP contribution in [0.15, 0.2) is 288 Å². The first kappa shape index (κ1) is 43.5. The summed E-state index contributed by atoms with van der Waals surface area (Å²) in [6, 6.07) is 96.1. The molecule has 4 aliphatic rings. The summed E-state index contributed by atoms with van der Waals surface area (Å²) in [7, 11) is 0. The van der Waals surface area contributed by atoms with Crippen molar-refractivity contribution >= 4 is 38.9 Å². The molecule has 3 aliphatic carbocycles. The number of aliphatic imine (C=N–C) groups is 1. The van der Waals surface area contributed by atoms with E-state index in [0.29, 0.717) is 6.42 Å². The Kier molecular flexibility index (Phi) is 9.52. The Balaban J connectivity index is 0.905. The Labute approximate surface area is 447 Å². The van der Waals surface area contributed by atoms with Crippen molar-refractivity contribution in [2.75, 3.05) is 0 Å². The smallest absolute Gasteiger partial charge is 0.143 e. The van der Waals surface area contributed by atoms with E-state index in [1.54, 1.807) is 0 Å². The van der Waals surface area contributed by atoms with E-state index < -0.39 is 10.8 Å². The Bertz CT molecular complexity index is 4450. The monoisotopic (exact) mass is 977 g/mol. The van der Waals surface area contributed by atoms with Gasteiger partial charge in [-0.3, -0.25) is 0 Å². The maximum absolute atomic E-state index is 7.07. The molecule has 358 valence electrons. The van der Waals surface area contributed by atoms with Crippen LogP contribution in [-0.2, 0) is 10.8 Å². The number of allylic oxidation sites excluding steroid dienone is 3. The molecular formula is C75H47NO. The summed E-state index contributed by atoms with van der Waals surface area (Å²) in [4.78, 5) is 5.36. The topological polar surface area (TPSA) is 25.5 Å². The van der Waals surface area contributed by atoms with Crippen LogP contribution in [0.1, 0.15) is 67.6 Å². The maximum atomic E-state index is 7.07. The van der Waals surface area contributed by atoms with E-state index in [0.717, 1.165) is 61.2 Å².